The summed E-state index contributed by atoms with van der Waals surface area (Å²) >= 11 is 0. The number of carbonyl (C=O) groups is 3. The summed E-state index contributed by atoms with van der Waals surface area (Å²) in [5.41, 5.74) is 2.67. The third-order valence-electron chi connectivity index (χ3n) is 5.96. The molecule has 2 aliphatic rings. The molecule has 1 saturated carbocycles. The molecule has 2 aromatic carbocycles. The summed E-state index contributed by atoms with van der Waals surface area (Å²) in [6.45, 7) is 0.477. The Hall–Kier alpha value is -3.35. The third kappa shape index (κ3) is 4.87. The number of anilines is 2. The summed E-state index contributed by atoms with van der Waals surface area (Å²) in [7, 11) is 1.68. The van der Waals surface area contributed by atoms with Gasteiger partial charge in [0, 0.05) is 30.8 Å². The van der Waals surface area contributed by atoms with Crippen molar-refractivity contribution < 1.29 is 19.1 Å². The SMILES string of the molecule is CN1C(=O)COc2ccc(NC(=O)c3ccc(CNC(=O)C4CCCCC4)cc3)cc21. The lowest BCUT2D eigenvalue weighted by atomic mass is 9.88. The summed E-state index contributed by atoms with van der Waals surface area (Å²) in [6.07, 6.45) is 5.44. The highest BCUT2D eigenvalue weighted by Crippen LogP contribution is 2.33. The van der Waals surface area contributed by atoms with Crippen LogP contribution in [-0.2, 0) is 16.1 Å². The minimum absolute atomic E-state index is 0.0165. The van der Waals surface area contributed by atoms with Gasteiger partial charge in [0.25, 0.3) is 11.8 Å². The number of likely N-dealkylation sites (N-methyl/N-ethyl adjacent to an activating group) is 1. The molecule has 3 amide bonds. The van der Waals surface area contributed by atoms with Crippen molar-refractivity contribution in [1.82, 2.24) is 5.32 Å². The zero-order chi connectivity index (χ0) is 21.8. The topological polar surface area (TPSA) is 87.7 Å². The van der Waals surface area contributed by atoms with Gasteiger partial charge < -0.3 is 20.3 Å². The van der Waals surface area contributed by atoms with E-state index in [1.165, 1.54) is 11.3 Å². The van der Waals surface area contributed by atoms with Crippen molar-refractivity contribution in [2.24, 2.45) is 5.92 Å². The van der Waals surface area contributed by atoms with Crippen molar-refractivity contribution >= 4 is 29.1 Å². The Bertz CT molecular complexity index is 981. The number of benzene rings is 2. The summed E-state index contributed by atoms with van der Waals surface area (Å²) in [5, 5.41) is 5.86. The highest BCUT2D eigenvalue weighted by molar-refractivity contribution is 6.05. The number of carbonyl (C=O) groups excluding carboxylic acids is 3. The molecule has 162 valence electrons. The van der Waals surface area contributed by atoms with Gasteiger partial charge >= 0.3 is 0 Å². The van der Waals surface area contributed by atoms with E-state index < -0.39 is 0 Å². The number of nitrogens with zero attached hydrogens (tertiary/aromatic N) is 1. The van der Waals surface area contributed by atoms with E-state index in [0.29, 0.717) is 29.2 Å². The highest BCUT2D eigenvalue weighted by atomic mass is 16.5. The molecule has 7 nitrogen and oxygen atoms in total. The Morgan fingerprint density at radius 3 is 2.55 bits per heavy atom. The van der Waals surface area contributed by atoms with Crippen molar-refractivity contribution in [2.75, 3.05) is 23.9 Å². The second-order valence-electron chi connectivity index (χ2n) is 8.13. The van der Waals surface area contributed by atoms with Crippen molar-refractivity contribution in [2.45, 2.75) is 38.6 Å². The van der Waals surface area contributed by atoms with Crippen LogP contribution in [0.1, 0.15) is 48.0 Å². The molecule has 7 heteroatoms. The quantitative estimate of drug-likeness (QED) is 0.774. The Labute approximate surface area is 181 Å². The lowest BCUT2D eigenvalue weighted by molar-refractivity contribution is -0.126. The van der Waals surface area contributed by atoms with Gasteiger partial charge in [-0.1, -0.05) is 31.4 Å². The van der Waals surface area contributed by atoms with Crippen LogP contribution in [-0.4, -0.2) is 31.4 Å². The minimum Gasteiger partial charge on any atom is -0.482 e. The summed E-state index contributed by atoms with van der Waals surface area (Å²) in [5.74, 6) is 0.488. The fourth-order valence-corrected chi connectivity index (χ4v) is 4.03. The molecule has 1 fully saturated rings. The Morgan fingerprint density at radius 2 is 1.81 bits per heavy atom. The number of nitrogens with one attached hydrogen (secondary N) is 2. The first-order valence-corrected chi connectivity index (χ1v) is 10.7. The molecule has 4 rings (SSSR count). The molecule has 0 saturated heterocycles. The Kier molecular flexibility index (Phi) is 6.21. The van der Waals surface area contributed by atoms with E-state index in [1.807, 2.05) is 12.1 Å². The molecule has 0 aromatic heterocycles. The molecule has 31 heavy (non-hydrogen) atoms. The molecule has 0 atom stereocenters. The van der Waals surface area contributed by atoms with Gasteiger partial charge in [0.15, 0.2) is 6.61 Å². The lowest BCUT2D eigenvalue weighted by Crippen LogP contribution is -2.35. The predicted octanol–water partition coefficient (Wildman–Crippen LogP) is 3.49. The molecule has 0 radical (unpaired) electrons. The average Bonchev–Trinajstić information content (AvgIpc) is 2.81. The first-order valence-electron chi connectivity index (χ1n) is 10.7. The van der Waals surface area contributed by atoms with E-state index in [0.717, 1.165) is 31.2 Å². The van der Waals surface area contributed by atoms with E-state index in [-0.39, 0.29) is 30.2 Å². The largest absolute Gasteiger partial charge is 0.482 e. The predicted molar refractivity (Wildman–Crippen MR) is 118 cm³/mol. The van der Waals surface area contributed by atoms with Crippen LogP contribution < -0.4 is 20.3 Å². The van der Waals surface area contributed by atoms with Crippen molar-refractivity contribution in [1.29, 1.82) is 0 Å². The second kappa shape index (κ2) is 9.20. The van der Waals surface area contributed by atoms with Gasteiger partial charge in [0.05, 0.1) is 5.69 Å². The molecular formula is C24H27N3O4. The maximum Gasteiger partial charge on any atom is 0.264 e. The Morgan fingerprint density at radius 1 is 1.06 bits per heavy atom. The minimum atomic E-state index is -0.247. The number of ether oxygens (including phenoxy) is 1. The van der Waals surface area contributed by atoms with Crippen LogP contribution in [0.25, 0.3) is 0 Å². The maximum absolute atomic E-state index is 12.6. The van der Waals surface area contributed by atoms with Gasteiger partial charge in [0.1, 0.15) is 5.75 Å². The van der Waals surface area contributed by atoms with Crippen LogP contribution in [0.15, 0.2) is 42.5 Å². The maximum atomic E-state index is 12.6. The lowest BCUT2D eigenvalue weighted by Gasteiger charge is -2.26. The average molecular weight is 421 g/mol. The fraction of sp³-hybridized carbons (Fsp3) is 0.375. The molecule has 0 bridgehead atoms. The first kappa shape index (κ1) is 20.9. The molecule has 1 aliphatic carbocycles. The van der Waals surface area contributed by atoms with Gasteiger partial charge in [0.2, 0.25) is 5.91 Å². The van der Waals surface area contributed by atoms with Crippen molar-refractivity contribution in [3.05, 3.63) is 53.6 Å². The van der Waals surface area contributed by atoms with E-state index in [1.54, 1.807) is 37.4 Å². The van der Waals surface area contributed by atoms with Gasteiger partial charge in [-0.05, 0) is 48.7 Å². The van der Waals surface area contributed by atoms with E-state index in [4.69, 9.17) is 4.74 Å². The van der Waals surface area contributed by atoms with E-state index >= 15 is 0 Å². The monoisotopic (exact) mass is 421 g/mol. The number of hydrogen-bond donors (Lipinski definition) is 2. The van der Waals surface area contributed by atoms with Gasteiger partial charge in [-0.3, -0.25) is 14.4 Å². The molecule has 1 aliphatic heterocycles. The van der Waals surface area contributed by atoms with Crippen molar-refractivity contribution in [3.63, 3.8) is 0 Å². The smallest absolute Gasteiger partial charge is 0.264 e. The molecular weight excluding hydrogens is 394 g/mol. The van der Waals surface area contributed by atoms with Crippen LogP contribution in [0.2, 0.25) is 0 Å². The molecule has 0 spiro atoms. The number of rotatable bonds is 5. The van der Waals surface area contributed by atoms with Crippen LogP contribution >= 0.6 is 0 Å². The standard InChI is InChI=1S/C24H27N3O4/c1-27-20-13-19(11-12-21(20)31-15-22(27)28)26-24(30)18-9-7-16(8-10-18)14-25-23(29)17-5-3-2-4-6-17/h7-13,17H,2-6,14-15H2,1H3,(H,25,29)(H,26,30). The van der Waals surface area contributed by atoms with E-state index in [9.17, 15) is 14.4 Å². The second-order valence-corrected chi connectivity index (χ2v) is 8.13. The van der Waals surface area contributed by atoms with Gasteiger partial charge in [-0.15, -0.1) is 0 Å². The first-order chi connectivity index (χ1) is 15.0. The normalized spacial score (nSPS) is 16.3. The third-order valence-corrected chi connectivity index (χ3v) is 5.96. The molecule has 2 N–H and O–H groups in total. The van der Waals surface area contributed by atoms with Crippen LogP contribution in [0.5, 0.6) is 5.75 Å². The highest BCUT2D eigenvalue weighted by Gasteiger charge is 2.23. The summed E-state index contributed by atoms with van der Waals surface area (Å²) in [6, 6.07) is 12.4. The van der Waals surface area contributed by atoms with Gasteiger partial charge in [-0.2, -0.15) is 0 Å². The van der Waals surface area contributed by atoms with Crippen LogP contribution in [0, 0.1) is 5.92 Å². The number of fused-ring (bicyclic) bond motifs is 1. The number of hydrogen-bond acceptors (Lipinski definition) is 4. The van der Waals surface area contributed by atoms with Crippen LogP contribution in [0.4, 0.5) is 11.4 Å². The summed E-state index contributed by atoms with van der Waals surface area (Å²) < 4.78 is 5.41. The van der Waals surface area contributed by atoms with E-state index in [2.05, 4.69) is 10.6 Å². The zero-order valence-electron chi connectivity index (χ0n) is 17.6. The van der Waals surface area contributed by atoms with Crippen LogP contribution in [0.3, 0.4) is 0 Å². The number of amides is 3. The summed E-state index contributed by atoms with van der Waals surface area (Å²) in [4.78, 5) is 38.2. The molecule has 0 unspecified atom stereocenters. The van der Waals surface area contributed by atoms with Gasteiger partial charge in [-0.25, -0.2) is 0 Å². The molecule has 1 heterocycles. The van der Waals surface area contributed by atoms with Crippen molar-refractivity contribution in [3.8, 4) is 5.75 Å². The Balaban J connectivity index is 1.34. The molecule has 2 aromatic rings. The fourth-order valence-electron chi connectivity index (χ4n) is 4.03. The zero-order valence-corrected chi connectivity index (χ0v) is 17.6.